The third-order valence-corrected chi connectivity index (χ3v) is 5.59. The molecule has 0 amide bonds. The van der Waals surface area contributed by atoms with Crippen LogP contribution < -0.4 is 0 Å². The van der Waals surface area contributed by atoms with Crippen molar-refractivity contribution >= 4 is 5.78 Å². The number of allylic oxidation sites excluding steroid dienone is 3. The topological polar surface area (TPSA) is 17.1 Å². The summed E-state index contributed by atoms with van der Waals surface area (Å²) >= 11 is 0. The summed E-state index contributed by atoms with van der Waals surface area (Å²) < 4.78 is 0. The second-order valence-electron chi connectivity index (χ2n) is 9.81. The number of unbranched alkanes of at least 4 members (excludes halogenated alkanes) is 5. The average Bonchev–Trinajstić information content (AvgIpc) is 2.93. The first-order valence-corrected chi connectivity index (χ1v) is 17.2. The van der Waals surface area contributed by atoms with Crippen molar-refractivity contribution in [2.45, 2.75) is 200 Å². The van der Waals surface area contributed by atoms with Crippen molar-refractivity contribution in [1.82, 2.24) is 0 Å². The van der Waals surface area contributed by atoms with Crippen LogP contribution in [0.2, 0.25) is 0 Å². The highest BCUT2D eigenvalue weighted by Gasteiger charge is 2.16. The van der Waals surface area contributed by atoms with Crippen LogP contribution >= 0.6 is 0 Å². The molecule has 0 aromatic rings. The number of carbonyl (C=O) groups is 1. The summed E-state index contributed by atoms with van der Waals surface area (Å²) in [5, 5.41) is 0. The molecule has 0 saturated heterocycles. The SMILES string of the molecule is C=CC=C(CCC)CC(C)C(=O)CCC(CC)CCCCC.CC.CC.CCC.CCC.CCCCCC. The lowest BCUT2D eigenvalue weighted by Gasteiger charge is -2.17. The summed E-state index contributed by atoms with van der Waals surface area (Å²) in [5.74, 6) is 1.34. The summed E-state index contributed by atoms with van der Waals surface area (Å²) in [4.78, 5) is 12.4. The van der Waals surface area contributed by atoms with Gasteiger partial charge in [-0.25, -0.2) is 0 Å². The maximum atomic E-state index is 12.4. The number of hydrogen-bond donors (Lipinski definition) is 0. The van der Waals surface area contributed by atoms with Gasteiger partial charge in [0.15, 0.2) is 0 Å². The molecule has 0 rings (SSSR count). The lowest BCUT2D eigenvalue weighted by Crippen LogP contribution is -2.13. The van der Waals surface area contributed by atoms with Gasteiger partial charge in [-0.3, -0.25) is 4.79 Å². The standard InChI is InChI=1S/C21H38O.C6H14.2C3H8.2C2H6/c1-6-10-11-14-19(9-4)15-16-21(22)18(5)17-20(12-7-2)13-8-3;1-3-5-6-4-2;2*1-3-2;2*1-2/h7,12,18-19H,2,6,8-11,13-17H2,1,3-5H3;3-6H2,1-2H3;2*3H2,1-2H3;2*1-2H3. The molecule has 0 radical (unpaired) electrons. The molecule has 0 aliphatic rings. The van der Waals surface area contributed by atoms with Crippen molar-refractivity contribution in [3.8, 4) is 0 Å². The summed E-state index contributed by atoms with van der Waals surface area (Å²) in [7, 11) is 0. The fraction of sp³-hybridized carbons (Fsp3) is 0.865. The molecule has 1 heteroatoms. The third kappa shape index (κ3) is 51.7. The van der Waals surface area contributed by atoms with E-state index in [1.165, 1.54) is 76.2 Å². The fourth-order valence-corrected chi connectivity index (χ4v) is 3.58. The zero-order chi connectivity index (χ0) is 31.0. The maximum Gasteiger partial charge on any atom is 0.136 e. The van der Waals surface area contributed by atoms with Crippen LogP contribution in [0.3, 0.4) is 0 Å². The van der Waals surface area contributed by atoms with Crippen LogP contribution in [0.1, 0.15) is 200 Å². The summed E-state index contributed by atoms with van der Waals surface area (Å²) in [6, 6.07) is 0. The number of carbonyl (C=O) groups excluding carboxylic acids is 1. The quantitative estimate of drug-likeness (QED) is 0.132. The molecule has 234 valence electrons. The predicted octanol–water partition coefficient (Wildman–Crippen LogP) is 14.4. The second kappa shape index (κ2) is 52.6. The van der Waals surface area contributed by atoms with E-state index in [9.17, 15) is 4.79 Å². The lowest BCUT2D eigenvalue weighted by molar-refractivity contribution is -0.122. The Kier molecular flexibility index (Phi) is 69.2. The van der Waals surface area contributed by atoms with Gasteiger partial charge >= 0.3 is 0 Å². The largest absolute Gasteiger partial charge is 0.299 e. The number of Topliss-reactive ketones (excluding diaryl/α,β-unsaturated/α-hetero) is 1. The van der Waals surface area contributed by atoms with Crippen LogP contribution in [0.25, 0.3) is 0 Å². The molecular formula is C37H80O. The monoisotopic (exact) mass is 541 g/mol. The molecule has 0 aromatic heterocycles. The Morgan fingerprint density at radius 3 is 1.42 bits per heavy atom. The molecule has 0 aliphatic heterocycles. The van der Waals surface area contributed by atoms with E-state index < -0.39 is 0 Å². The van der Waals surface area contributed by atoms with Crippen molar-refractivity contribution in [2.75, 3.05) is 0 Å². The molecule has 0 aliphatic carbocycles. The van der Waals surface area contributed by atoms with Crippen molar-refractivity contribution in [3.63, 3.8) is 0 Å². The highest BCUT2D eigenvalue weighted by molar-refractivity contribution is 5.80. The van der Waals surface area contributed by atoms with Crippen LogP contribution in [0, 0.1) is 11.8 Å². The molecule has 1 nitrogen and oxygen atoms in total. The van der Waals surface area contributed by atoms with Crippen molar-refractivity contribution in [1.29, 1.82) is 0 Å². The maximum absolute atomic E-state index is 12.4. The highest BCUT2D eigenvalue weighted by atomic mass is 16.1. The van der Waals surface area contributed by atoms with Gasteiger partial charge in [-0.1, -0.05) is 198 Å². The Hall–Kier alpha value is -0.850. The Balaban J connectivity index is -0.000000131. The van der Waals surface area contributed by atoms with E-state index in [0.717, 1.165) is 38.0 Å². The molecular weight excluding hydrogens is 460 g/mol. The average molecular weight is 541 g/mol. The second-order valence-corrected chi connectivity index (χ2v) is 9.81. The van der Waals surface area contributed by atoms with E-state index in [2.05, 4.69) is 81.9 Å². The number of rotatable bonds is 17. The lowest BCUT2D eigenvalue weighted by atomic mass is 9.88. The van der Waals surface area contributed by atoms with Crippen molar-refractivity contribution in [2.24, 2.45) is 11.8 Å². The zero-order valence-corrected chi connectivity index (χ0v) is 29.7. The molecule has 2 unspecified atom stereocenters. The number of hydrogen-bond acceptors (Lipinski definition) is 1. The molecule has 0 N–H and O–H groups in total. The zero-order valence-electron chi connectivity index (χ0n) is 29.7. The number of ketones is 1. The smallest absolute Gasteiger partial charge is 0.136 e. The molecule has 0 fully saturated rings. The molecule has 2 atom stereocenters. The first-order chi connectivity index (χ1) is 18.3. The summed E-state index contributed by atoms with van der Waals surface area (Å²) in [5.41, 5.74) is 1.37. The molecule has 0 bridgehead atoms. The first-order valence-electron chi connectivity index (χ1n) is 17.2. The fourth-order valence-electron chi connectivity index (χ4n) is 3.58. The van der Waals surface area contributed by atoms with Gasteiger partial charge in [0.25, 0.3) is 0 Å². The Bertz CT molecular complexity index is 401. The van der Waals surface area contributed by atoms with Gasteiger partial charge in [-0.05, 0) is 25.2 Å². The Morgan fingerprint density at radius 2 is 1.08 bits per heavy atom. The van der Waals surface area contributed by atoms with Gasteiger partial charge in [0.05, 0.1) is 0 Å². The van der Waals surface area contributed by atoms with Crippen LogP contribution in [0.4, 0.5) is 0 Å². The van der Waals surface area contributed by atoms with Crippen molar-refractivity contribution in [3.05, 3.63) is 24.3 Å². The molecule has 0 saturated carbocycles. The van der Waals surface area contributed by atoms with Gasteiger partial charge < -0.3 is 0 Å². The van der Waals surface area contributed by atoms with Crippen LogP contribution in [-0.4, -0.2) is 5.78 Å². The van der Waals surface area contributed by atoms with E-state index in [0.29, 0.717) is 5.78 Å². The van der Waals surface area contributed by atoms with Crippen LogP contribution in [0.5, 0.6) is 0 Å². The van der Waals surface area contributed by atoms with Crippen LogP contribution in [-0.2, 0) is 4.79 Å². The Morgan fingerprint density at radius 1 is 0.658 bits per heavy atom. The van der Waals surface area contributed by atoms with Gasteiger partial charge in [0, 0.05) is 12.3 Å². The van der Waals surface area contributed by atoms with E-state index >= 15 is 0 Å². The first kappa shape index (κ1) is 50.0. The minimum Gasteiger partial charge on any atom is -0.299 e. The van der Waals surface area contributed by atoms with Gasteiger partial charge in [0.2, 0.25) is 0 Å². The summed E-state index contributed by atoms with van der Waals surface area (Å²) in [6.45, 7) is 33.5. The van der Waals surface area contributed by atoms with E-state index in [1.54, 1.807) is 0 Å². The molecule has 0 aromatic carbocycles. The normalized spacial score (nSPS) is 11.2. The third-order valence-electron chi connectivity index (χ3n) is 5.59. The highest BCUT2D eigenvalue weighted by Crippen LogP contribution is 2.23. The predicted molar refractivity (Wildman–Crippen MR) is 184 cm³/mol. The van der Waals surface area contributed by atoms with E-state index in [4.69, 9.17) is 0 Å². The minimum absolute atomic E-state index is 0.158. The summed E-state index contributed by atoms with van der Waals surface area (Å²) in [6.07, 6.45) is 23.4. The Labute approximate surface area is 246 Å². The van der Waals surface area contributed by atoms with Crippen LogP contribution in [0.15, 0.2) is 24.3 Å². The van der Waals surface area contributed by atoms with Gasteiger partial charge in [-0.2, -0.15) is 0 Å². The van der Waals surface area contributed by atoms with E-state index in [1.807, 2.05) is 33.8 Å². The van der Waals surface area contributed by atoms with E-state index in [-0.39, 0.29) is 5.92 Å². The van der Waals surface area contributed by atoms with Gasteiger partial charge in [-0.15, -0.1) is 0 Å². The molecule has 38 heavy (non-hydrogen) atoms. The van der Waals surface area contributed by atoms with Crippen molar-refractivity contribution < 1.29 is 4.79 Å². The molecule has 0 heterocycles. The molecule has 0 spiro atoms. The van der Waals surface area contributed by atoms with Gasteiger partial charge in [0.1, 0.15) is 5.78 Å². The minimum atomic E-state index is 0.158.